The Morgan fingerprint density at radius 2 is 2.00 bits per heavy atom. The molecule has 0 unspecified atom stereocenters. The van der Waals surface area contributed by atoms with Crippen molar-refractivity contribution in [3.8, 4) is 0 Å². The van der Waals surface area contributed by atoms with Crippen molar-refractivity contribution < 1.29 is 0 Å². The molecule has 0 aromatic heterocycles. The first kappa shape index (κ1) is 12.5. The first-order chi connectivity index (χ1) is 7.09. The summed E-state index contributed by atoms with van der Waals surface area (Å²) in [5.41, 5.74) is 5.33. The number of likely N-dealkylation sites (tertiary alicyclic amines) is 1. The summed E-state index contributed by atoms with van der Waals surface area (Å²) in [6.07, 6.45) is 4.32. The molecule has 1 heterocycles. The Bertz CT molecular complexity index is 195. The van der Waals surface area contributed by atoms with Crippen LogP contribution in [0.2, 0.25) is 0 Å². The van der Waals surface area contributed by atoms with Gasteiger partial charge in [-0.05, 0) is 53.0 Å². The van der Waals surface area contributed by atoms with Gasteiger partial charge in [0.2, 0.25) is 0 Å². The van der Waals surface area contributed by atoms with E-state index in [2.05, 4.69) is 23.9 Å². The molecular weight excluding hydrogens is 188 g/mol. The number of nitrogens with two attached hydrogens (primary N) is 1. The molecule has 0 atom stereocenters. The lowest BCUT2D eigenvalue weighted by atomic mass is 10.0. The van der Waals surface area contributed by atoms with Crippen molar-refractivity contribution in [3.63, 3.8) is 0 Å². The van der Waals surface area contributed by atoms with Crippen LogP contribution < -0.4 is 5.73 Å². The van der Waals surface area contributed by atoms with Crippen LogP contribution in [0.4, 0.5) is 0 Å². The van der Waals surface area contributed by atoms with Crippen LogP contribution in [0.5, 0.6) is 0 Å². The third-order valence-corrected chi connectivity index (χ3v) is 3.21. The second kappa shape index (κ2) is 6.08. The standard InChI is InChI=1S/C11H24N4/c1-14(2)10-5-8-15(9-6-10)7-3-4-11(12)13/h10H,3-9H2,1-2H3,(H3,12,13). The van der Waals surface area contributed by atoms with Crippen LogP contribution >= 0.6 is 0 Å². The molecule has 0 aromatic carbocycles. The highest BCUT2D eigenvalue weighted by Gasteiger charge is 2.19. The molecule has 0 spiro atoms. The van der Waals surface area contributed by atoms with E-state index in [4.69, 9.17) is 11.1 Å². The smallest absolute Gasteiger partial charge is 0.0905 e. The molecule has 4 nitrogen and oxygen atoms in total. The minimum Gasteiger partial charge on any atom is -0.388 e. The Labute approximate surface area is 92.9 Å². The SMILES string of the molecule is CN(C)C1CCN(CCCC(=N)N)CC1. The van der Waals surface area contributed by atoms with Gasteiger partial charge in [-0.15, -0.1) is 0 Å². The Kier molecular flexibility index (Phi) is 5.05. The zero-order valence-electron chi connectivity index (χ0n) is 10.00. The molecular formula is C11H24N4. The van der Waals surface area contributed by atoms with E-state index in [1.54, 1.807) is 0 Å². The highest BCUT2D eigenvalue weighted by Crippen LogP contribution is 2.14. The quantitative estimate of drug-likeness (QED) is 0.522. The van der Waals surface area contributed by atoms with Crippen LogP contribution in [-0.4, -0.2) is 55.4 Å². The summed E-state index contributed by atoms with van der Waals surface area (Å²) in [4.78, 5) is 4.82. The second-order valence-corrected chi connectivity index (χ2v) is 4.67. The van der Waals surface area contributed by atoms with E-state index in [-0.39, 0.29) is 0 Å². The van der Waals surface area contributed by atoms with Gasteiger partial charge in [-0.25, -0.2) is 0 Å². The van der Waals surface area contributed by atoms with Gasteiger partial charge >= 0.3 is 0 Å². The van der Waals surface area contributed by atoms with Crippen molar-refractivity contribution in [2.75, 3.05) is 33.7 Å². The Balaban J connectivity index is 2.12. The lowest BCUT2D eigenvalue weighted by Crippen LogP contribution is -2.42. The first-order valence-electron chi connectivity index (χ1n) is 5.81. The van der Waals surface area contributed by atoms with Gasteiger partial charge in [0, 0.05) is 12.5 Å². The molecule has 3 N–H and O–H groups in total. The van der Waals surface area contributed by atoms with Gasteiger partial charge in [-0.3, -0.25) is 5.41 Å². The molecule has 0 aromatic rings. The molecule has 1 aliphatic heterocycles. The summed E-state index contributed by atoms with van der Waals surface area (Å²) in [5.74, 6) is 0.318. The van der Waals surface area contributed by atoms with Crippen LogP contribution in [0.1, 0.15) is 25.7 Å². The van der Waals surface area contributed by atoms with Gasteiger partial charge in [0.15, 0.2) is 0 Å². The summed E-state index contributed by atoms with van der Waals surface area (Å²) in [6, 6.07) is 0.758. The van der Waals surface area contributed by atoms with Crippen LogP contribution in [-0.2, 0) is 0 Å². The number of amidine groups is 1. The van der Waals surface area contributed by atoms with Gasteiger partial charge < -0.3 is 15.5 Å². The average Bonchev–Trinajstić information content (AvgIpc) is 2.18. The molecule has 4 heteroatoms. The minimum absolute atomic E-state index is 0.318. The summed E-state index contributed by atoms with van der Waals surface area (Å²) in [7, 11) is 4.33. The van der Waals surface area contributed by atoms with Crippen molar-refractivity contribution in [2.24, 2.45) is 5.73 Å². The van der Waals surface area contributed by atoms with E-state index in [0.717, 1.165) is 25.4 Å². The van der Waals surface area contributed by atoms with Crippen molar-refractivity contribution in [1.29, 1.82) is 5.41 Å². The molecule has 0 amide bonds. The topological polar surface area (TPSA) is 56.4 Å². The fraction of sp³-hybridized carbons (Fsp3) is 0.909. The van der Waals surface area contributed by atoms with Crippen molar-refractivity contribution >= 4 is 5.84 Å². The van der Waals surface area contributed by atoms with Gasteiger partial charge in [0.05, 0.1) is 5.84 Å². The number of rotatable bonds is 5. The average molecular weight is 212 g/mol. The van der Waals surface area contributed by atoms with Crippen molar-refractivity contribution in [3.05, 3.63) is 0 Å². The third kappa shape index (κ3) is 4.62. The van der Waals surface area contributed by atoms with E-state index in [1.807, 2.05) is 0 Å². The summed E-state index contributed by atoms with van der Waals surface area (Å²) in [5, 5.41) is 7.15. The molecule has 0 saturated carbocycles. The maximum Gasteiger partial charge on any atom is 0.0905 e. The molecule has 15 heavy (non-hydrogen) atoms. The number of nitrogens with one attached hydrogen (secondary N) is 1. The number of nitrogens with zero attached hydrogens (tertiary/aromatic N) is 2. The first-order valence-corrected chi connectivity index (χ1v) is 5.81. The van der Waals surface area contributed by atoms with Crippen LogP contribution in [0.3, 0.4) is 0 Å². The van der Waals surface area contributed by atoms with Crippen molar-refractivity contribution in [1.82, 2.24) is 9.80 Å². The predicted octanol–water partition coefficient (Wildman–Crippen LogP) is 0.729. The summed E-state index contributed by atoms with van der Waals surface area (Å²) >= 11 is 0. The molecule has 0 bridgehead atoms. The number of piperidine rings is 1. The van der Waals surface area contributed by atoms with E-state index >= 15 is 0 Å². The maximum atomic E-state index is 7.15. The monoisotopic (exact) mass is 212 g/mol. The molecule has 0 radical (unpaired) electrons. The third-order valence-electron chi connectivity index (χ3n) is 3.21. The van der Waals surface area contributed by atoms with E-state index in [0.29, 0.717) is 5.84 Å². The molecule has 1 rings (SSSR count). The maximum absolute atomic E-state index is 7.15. The molecule has 0 aliphatic carbocycles. The van der Waals surface area contributed by atoms with Crippen LogP contribution in [0, 0.1) is 5.41 Å². The van der Waals surface area contributed by atoms with E-state index in [9.17, 15) is 0 Å². The zero-order valence-corrected chi connectivity index (χ0v) is 10.00. The molecule has 1 aliphatic rings. The highest BCUT2D eigenvalue weighted by atomic mass is 15.2. The van der Waals surface area contributed by atoms with Gasteiger partial charge in [0.25, 0.3) is 0 Å². The van der Waals surface area contributed by atoms with Gasteiger partial charge in [-0.1, -0.05) is 0 Å². The van der Waals surface area contributed by atoms with Crippen molar-refractivity contribution in [2.45, 2.75) is 31.7 Å². The van der Waals surface area contributed by atoms with Gasteiger partial charge in [0.1, 0.15) is 0 Å². The lowest BCUT2D eigenvalue weighted by Gasteiger charge is -2.35. The largest absolute Gasteiger partial charge is 0.388 e. The fourth-order valence-corrected chi connectivity index (χ4v) is 2.15. The summed E-state index contributed by atoms with van der Waals surface area (Å²) in [6.45, 7) is 3.49. The Morgan fingerprint density at radius 1 is 1.40 bits per heavy atom. The summed E-state index contributed by atoms with van der Waals surface area (Å²) < 4.78 is 0. The number of hydrogen-bond acceptors (Lipinski definition) is 3. The molecule has 1 saturated heterocycles. The normalized spacial score (nSPS) is 19.7. The highest BCUT2D eigenvalue weighted by molar-refractivity contribution is 5.76. The lowest BCUT2D eigenvalue weighted by molar-refractivity contribution is 0.144. The predicted molar refractivity (Wildman–Crippen MR) is 64.3 cm³/mol. The van der Waals surface area contributed by atoms with E-state index < -0.39 is 0 Å². The molecule has 88 valence electrons. The van der Waals surface area contributed by atoms with Crippen LogP contribution in [0.25, 0.3) is 0 Å². The molecule has 1 fully saturated rings. The van der Waals surface area contributed by atoms with E-state index in [1.165, 1.54) is 25.9 Å². The zero-order chi connectivity index (χ0) is 11.3. The fourth-order valence-electron chi connectivity index (χ4n) is 2.15. The Hall–Kier alpha value is -0.610. The number of hydrogen-bond donors (Lipinski definition) is 2. The van der Waals surface area contributed by atoms with Gasteiger partial charge in [-0.2, -0.15) is 0 Å². The Morgan fingerprint density at radius 3 is 2.47 bits per heavy atom. The minimum atomic E-state index is 0.318. The van der Waals surface area contributed by atoms with Crippen LogP contribution in [0.15, 0.2) is 0 Å². The second-order valence-electron chi connectivity index (χ2n) is 4.67.